The quantitative estimate of drug-likeness (QED) is 0.534. The van der Waals surface area contributed by atoms with Crippen LogP contribution < -0.4 is 10.2 Å². The van der Waals surface area contributed by atoms with E-state index in [2.05, 4.69) is 46.2 Å². The van der Waals surface area contributed by atoms with E-state index in [0.29, 0.717) is 13.2 Å². The lowest BCUT2D eigenvalue weighted by molar-refractivity contribution is 0.122. The maximum Gasteiger partial charge on any atom is 0.167 e. The fraction of sp³-hybridized carbons (Fsp3) is 0.240. The summed E-state index contributed by atoms with van der Waals surface area (Å²) in [4.78, 5) is 12.1. The van der Waals surface area contributed by atoms with E-state index in [1.807, 2.05) is 35.1 Å². The van der Waals surface area contributed by atoms with Crippen molar-refractivity contribution in [2.24, 2.45) is 0 Å². The molecule has 7 nitrogen and oxygen atoms in total. The molecular weight excluding hydrogens is 400 g/mol. The fourth-order valence-corrected chi connectivity index (χ4v) is 4.47. The molecule has 3 aromatic heterocycles. The smallest absolute Gasteiger partial charge is 0.167 e. The minimum Gasteiger partial charge on any atom is -0.378 e. The Kier molecular flexibility index (Phi) is 4.61. The molecule has 2 aliphatic heterocycles. The third-order valence-electron chi connectivity index (χ3n) is 6.16. The zero-order valence-electron chi connectivity index (χ0n) is 17.8. The van der Waals surface area contributed by atoms with Crippen LogP contribution in [0.25, 0.3) is 33.6 Å². The van der Waals surface area contributed by atoms with E-state index >= 15 is 0 Å². The van der Waals surface area contributed by atoms with E-state index in [1.54, 1.807) is 0 Å². The van der Waals surface area contributed by atoms with Crippen LogP contribution >= 0.6 is 0 Å². The van der Waals surface area contributed by atoms with Gasteiger partial charge in [0, 0.05) is 42.5 Å². The number of pyridine rings is 1. The molecule has 5 heterocycles. The van der Waals surface area contributed by atoms with Gasteiger partial charge in [-0.2, -0.15) is 9.61 Å². The van der Waals surface area contributed by atoms with Crippen molar-refractivity contribution in [3.8, 4) is 22.4 Å². The van der Waals surface area contributed by atoms with Gasteiger partial charge >= 0.3 is 0 Å². The van der Waals surface area contributed by atoms with Gasteiger partial charge in [0.2, 0.25) is 0 Å². The van der Waals surface area contributed by atoms with Crippen LogP contribution in [0.1, 0.15) is 12.0 Å². The van der Waals surface area contributed by atoms with Gasteiger partial charge in [-0.05, 0) is 18.1 Å². The zero-order valence-corrected chi connectivity index (χ0v) is 17.8. The van der Waals surface area contributed by atoms with E-state index in [9.17, 15) is 0 Å². The molecule has 0 unspecified atom stereocenters. The predicted octanol–water partition coefficient (Wildman–Crippen LogP) is 4.12. The molecule has 7 heteroatoms. The summed E-state index contributed by atoms with van der Waals surface area (Å²) in [6, 6.07) is 14.3. The number of rotatable bonds is 3. The standard InChI is InChI=1S/C25H24N6O/c1-17-9-10-26-24-22(17)25(30-11-13-32-14-12-30)29-23-20(16-28-31(23)24)19-7-8-21(27-15-19)18-5-3-2-4-6-18/h2-8,15-16,26H,1,9-14H2. The zero-order chi connectivity index (χ0) is 21.5. The van der Waals surface area contributed by atoms with E-state index in [1.165, 1.54) is 0 Å². The van der Waals surface area contributed by atoms with Gasteiger partial charge < -0.3 is 15.0 Å². The molecule has 0 radical (unpaired) electrons. The van der Waals surface area contributed by atoms with Crippen molar-refractivity contribution in [1.29, 1.82) is 0 Å². The molecule has 1 fully saturated rings. The van der Waals surface area contributed by atoms with Crippen LogP contribution in [0.4, 0.5) is 11.6 Å². The maximum atomic E-state index is 5.57. The van der Waals surface area contributed by atoms with E-state index in [4.69, 9.17) is 14.7 Å². The van der Waals surface area contributed by atoms with Crippen LogP contribution in [0.3, 0.4) is 0 Å². The Balaban J connectivity index is 1.48. The average molecular weight is 425 g/mol. The Bertz CT molecular complexity index is 1290. The van der Waals surface area contributed by atoms with E-state index in [-0.39, 0.29) is 0 Å². The number of morpholine rings is 1. The Labute approximate surface area is 186 Å². The van der Waals surface area contributed by atoms with Crippen molar-refractivity contribution in [2.45, 2.75) is 6.42 Å². The molecule has 0 bridgehead atoms. The highest BCUT2D eigenvalue weighted by Crippen LogP contribution is 2.39. The number of nitrogens with one attached hydrogen (secondary N) is 1. The molecule has 4 aromatic rings. The molecule has 0 saturated carbocycles. The number of nitrogens with zero attached hydrogens (tertiary/aromatic N) is 5. The molecular formula is C25H24N6O. The highest BCUT2D eigenvalue weighted by atomic mass is 16.5. The minimum atomic E-state index is 0.707. The Hall–Kier alpha value is -3.71. The average Bonchev–Trinajstić information content (AvgIpc) is 3.29. The number of benzene rings is 1. The SMILES string of the molecule is C=C1CCNc2c1c(N1CCOCC1)nc1c(-c3ccc(-c4ccccc4)nc3)cnn21. The minimum absolute atomic E-state index is 0.707. The fourth-order valence-electron chi connectivity index (χ4n) is 4.47. The summed E-state index contributed by atoms with van der Waals surface area (Å²) in [6.07, 6.45) is 4.68. The highest BCUT2D eigenvalue weighted by Gasteiger charge is 2.27. The molecule has 0 atom stereocenters. The summed E-state index contributed by atoms with van der Waals surface area (Å²) >= 11 is 0. The lowest BCUT2D eigenvalue weighted by Gasteiger charge is -2.32. The molecule has 0 aliphatic carbocycles. The molecule has 1 N–H and O–H groups in total. The van der Waals surface area contributed by atoms with Crippen molar-refractivity contribution in [3.63, 3.8) is 0 Å². The first kappa shape index (κ1) is 19.0. The summed E-state index contributed by atoms with van der Waals surface area (Å²) in [7, 11) is 0. The molecule has 0 amide bonds. The van der Waals surface area contributed by atoms with Crippen LogP contribution in [-0.2, 0) is 4.74 Å². The summed E-state index contributed by atoms with van der Waals surface area (Å²) in [5, 5.41) is 8.23. The number of fused-ring (bicyclic) bond motifs is 3. The van der Waals surface area contributed by atoms with Crippen LogP contribution in [0, 0.1) is 0 Å². The van der Waals surface area contributed by atoms with Crippen molar-refractivity contribution in [2.75, 3.05) is 43.1 Å². The van der Waals surface area contributed by atoms with Gasteiger partial charge in [-0.1, -0.05) is 43.0 Å². The summed E-state index contributed by atoms with van der Waals surface area (Å²) in [5.74, 6) is 1.93. The lowest BCUT2D eigenvalue weighted by Crippen LogP contribution is -2.38. The monoisotopic (exact) mass is 424 g/mol. The number of hydrogen-bond donors (Lipinski definition) is 1. The van der Waals surface area contributed by atoms with Crippen molar-refractivity contribution in [3.05, 3.63) is 67.0 Å². The summed E-state index contributed by atoms with van der Waals surface area (Å²) in [5.41, 5.74) is 6.99. The molecule has 1 aromatic carbocycles. The van der Waals surface area contributed by atoms with Crippen LogP contribution in [-0.4, -0.2) is 52.4 Å². The summed E-state index contributed by atoms with van der Waals surface area (Å²) < 4.78 is 7.48. The van der Waals surface area contributed by atoms with E-state index in [0.717, 1.165) is 76.9 Å². The van der Waals surface area contributed by atoms with Gasteiger partial charge in [0.15, 0.2) is 5.65 Å². The van der Waals surface area contributed by atoms with Gasteiger partial charge in [-0.3, -0.25) is 4.98 Å². The van der Waals surface area contributed by atoms with Crippen molar-refractivity contribution < 1.29 is 4.74 Å². The normalized spacial score (nSPS) is 16.1. The molecule has 32 heavy (non-hydrogen) atoms. The second kappa shape index (κ2) is 7.76. The number of ether oxygens (including phenoxy) is 1. The van der Waals surface area contributed by atoms with Gasteiger partial charge in [-0.15, -0.1) is 0 Å². The molecule has 1 saturated heterocycles. The van der Waals surface area contributed by atoms with Crippen LogP contribution in [0.15, 0.2) is 61.4 Å². The number of aromatic nitrogens is 4. The Morgan fingerprint density at radius 3 is 2.59 bits per heavy atom. The molecule has 0 spiro atoms. The van der Waals surface area contributed by atoms with Gasteiger partial charge in [-0.25, -0.2) is 4.98 Å². The highest BCUT2D eigenvalue weighted by molar-refractivity contribution is 5.88. The maximum absolute atomic E-state index is 5.57. The Morgan fingerprint density at radius 1 is 0.969 bits per heavy atom. The third-order valence-corrected chi connectivity index (χ3v) is 6.16. The molecule has 2 aliphatic rings. The van der Waals surface area contributed by atoms with Gasteiger partial charge in [0.25, 0.3) is 0 Å². The molecule has 6 rings (SSSR count). The van der Waals surface area contributed by atoms with Gasteiger partial charge in [0.1, 0.15) is 11.6 Å². The Morgan fingerprint density at radius 2 is 1.81 bits per heavy atom. The topological polar surface area (TPSA) is 67.6 Å². The lowest BCUT2D eigenvalue weighted by atomic mass is 10.0. The number of anilines is 2. The second-order valence-corrected chi connectivity index (χ2v) is 8.13. The van der Waals surface area contributed by atoms with Crippen LogP contribution in [0.2, 0.25) is 0 Å². The van der Waals surface area contributed by atoms with Crippen molar-refractivity contribution >= 4 is 22.9 Å². The van der Waals surface area contributed by atoms with Crippen molar-refractivity contribution in [1.82, 2.24) is 19.6 Å². The number of hydrogen-bond acceptors (Lipinski definition) is 6. The predicted molar refractivity (Wildman–Crippen MR) is 127 cm³/mol. The van der Waals surface area contributed by atoms with Crippen LogP contribution in [0.5, 0.6) is 0 Å². The second-order valence-electron chi connectivity index (χ2n) is 8.13. The largest absolute Gasteiger partial charge is 0.378 e. The first-order chi connectivity index (χ1) is 15.8. The summed E-state index contributed by atoms with van der Waals surface area (Å²) in [6.45, 7) is 8.23. The first-order valence-electron chi connectivity index (χ1n) is 11.0. The van der Waals surface area contributed by atoms with E-state index < -0.39 is 0 Å². The third kappa shape index (κ3) is 3.13. The van der Waals surface area contributed by atoms with Gasteiger partial charge in [0.05, 0.1) is 30.7 Å². The molecule has 160 valence electrons. The first-order valence-corrected chi connectivity index (χ1v) is 11.0.